The van der Waals surface area contributed by atoms with Crippen LogP contribution in [0.15, 0.2) is 35.5 Å². The van der Waals surface area contributed by atoms with E-state index in [0.29, 0.717) is 0 Å². The van der Waals surface area contributed by atoms with Gasteiger partial charge in [-0.15, -0.1) is 0 Å². The number of benzene rings is 1. The fraction of sp³-hybridized carbons (Fsp3) is 0. The molecule has 1 N–H and O–H groups in total. The summed E-state index contributed by atoms with van der Waals surface area (Å²) in [4.78, 5) is 14.9. The Labute approximate surface area is 75.8 Å². The SMILES string of the molecule is O=C1/C=N\C=C/c2ccccc2N1. The first-order chi connectivity index (χ1) is 6.36. The standard InChI is InChI=1S/C10H8N2O/c13-10-7-11-6-5-8-3-1-2-4-9(8)12-10/h1-7H,(H,12,13). The highest BCUT2D eigenvalue weighted by Crippen LogP contribution is 2.17. The molecule has 1 aliphatic rings. The van der Waals surface area contributed by atoms with E-state index in [1.165, 1.54) is 6.21 Å². The molecule has 0 bridgehead atoms. The highest BCUT2D eigenvalue weighted by Gasteiger charge is 2.03. The Balaban J connectivity index is 2.49. The molecule has 2 rings (SSSR count). The summed E-state index contributed by atoms with van der Waals surface area (Å²) in [5.41, 5.74) is 1.78. The van der Waals surface area contributed by atoms with Crippen molar-refractivity contribution >= 4 is 23.9 Å². The van der Waals surface area contributed by atoms with E-state index in [1.807, 2.05) is 30.3 Å². The zero-order chi connectivity index (χ0) is 9.10. The molecule has 1 heterocycles. The van der Waals surface area contributed by atoms with E-state index in [-0.39, 0.29) is 5.91 Å². The average molecular weight is 172 g/mol. The Kier molecular flexibility index (Phi) is 1.92. The van der Waals surface area contributed by atoms with Crippen LogP contribution in [0.3, 0.4) is 0 Å². The Morgan fingerprint density at radius 3 is 3.00 bits per heavy atom. The maximum absolute atomic E-state index is 11.1. The van der Waals surface area contributed by atoms with Crippen molar-refractivity contribution in [2.75, 3.05) is 5.32 Å². The summed E-state index contributed by atoms with van der Waals surface area (Å²) >= 11 is 0. The Bertz CT molecular complexity index is 394. The number of carbonyl (C=O) groups is 1. The summed E-state index contributed by atoms with van der Waals surface area (Å²) in [6, 6.07) is 7.58. The number of para-hydroxylation sites is 1. The third kappa shape index (κ3) is 1.64. The summed E-state index contributed by atoms with van der Waals surface area (Å²) in [6.07, 6.45) is 4.72. The Hall–Kier alpha value is -1.90. The molecule has 0 fully saturated rings. The number of amides is 1. The second kappa shape index (κ2) is 3.23. The van der Waals surface area contributed by atoms with Gasteiger partial charge in [-0.25, -0.2) is 0 Å². The molecule has 13 heavy (non-hydrogen) atoms. The lowest BCUT2D eigenvalue weighted by molar-refractivity contribution is -0.109. The summed E-state index contributed by atoms with van der Waals surface area (Å²) in [6.45, 7) is 0. The van der Waals surface area contributed by atoms with Crippen molar-refractivity contribution in [2.45, 2.75) is 0 Å². The quantitative estimate of drug-likeness (QED) is 0.635. The molecule has 1 aromatic carbocycles. The molecule has 0 atom stereocenters. The van der Waals surface area contributed by atoms with Crippen molar-refractivity contribution in [2.24, 2.45) is 4.99 Å². The number of rotatable bonds is 0. The summed E-state index contributed by atoms with van der Waals surface area (Å²) in [7, 11) is 0. The van der Waals surface area contributed by atoms with Gasteiger partial charge in [0.1, 0.15) is 0 Å². The van der Waals surface area contributed by atoms with Crippen LogP contribution in [0.2, 0.25) is 0 Å². The van der Waals surface area contributed by atoms with Gasteiger partial charge in [-0.05, 0) is 17.7 Å². The topological polar surface area (TPSA) is 41.5 Å². The lowest BCUT2D eigenvalue weighted by Crippen LogP contribution is -2.13. The molecule has 0 radical (unpaired) electrons. The molecular weight excluding hydrogens is 164 g/mol. The van der Waals surface area contributed by atoms with Crippen LogP contribution in [0, 0.1) is 0 Å². The van der Waals surface area contributed by atoms with Crippen molar-refractivity contribution < 1.29 is 4.79 Å². The van der Waals surface area contributed by atoms with Gasteiger partial charge >= 0.3 is 0 Å². The number of aliphatic imine (C=N–C) groups is 1. The number of nitrogens with zero attached hydrogens (tertiary/aromatic N) is 1. The van der Waals surface area contributed by atoms with Crippen molar-refractivity contribution in [1.29, 1.82) is 0 Å². The molecule has 3 nitrogen and oxygen atoms in total. The zero-order valence-electron chi connectivity index (χ0n) is 6.90. The minimum Gasteiger partial charge on any atom is -0.321 e. The second-order valence-electron chi connectivity index (χ2n) is 2.67. The summed E-state index contributed by atoms with van der Waals surface area (Å²) < 4.78 is 0. The summed E-state index contributed by atoms with van der Waals surface area (Å²) in [5.74, 6) is -0.197. The fourth-order valence-corrected chi connectivity index (χ4v) is 1.16. The van der Waals surface area contributed by atoms with Crippen molar-refractivity contribution in [3.05, 3.63) is 36.0 Å². The molecule has 1 aromatic rings. The number of nitrogens with one attached hydrogen (secondary N) is 1. The fourth-order valence-electron chi connectivity index (χ4n) is 1.16. The van der Waals surface area contributed by atoms with Crippen LogP contribution in [-0.4, -0.2) is 12.1 Å². The highest BCUT2D eigenvalue weighted by molar-refractivity contribution is 6.32. The van der Waals surface area contributed by atoms with Gasteiger partial charge in [0.15, 0.2) is 0 Å². The zero-order valence-corrected chi connectivity index (χ0v) is 6.90. The van der Waals surface area contributed by atoms with E-state index in [0.717, 1.165) is 11.3 Å². The van der Waals surface area contributed by atoms with Gasteiger partial charge in [-0.1, -0.05) is 18.2 Å². The first-order valence-corrected chi connectivity index (χ1v) is 3.96. The Morgan fingerprint density at radius 2 is 2.08 bits per heavy atom. The Morgan fingerprint density at radius 1 is 1.23 bits per heavy atom. The third-order valence-electron chi connectivity index (χ3n) is 1.75. The van der Waals surface area contributed by atoms with E-state index in [2.05, 4.69) is 10.3 Å². The van der Waals surface area contributed by atoms with Crippen LogP contribution in [0.1, 0.15) is 5.56 Å². The molecule has 64 valence electrons. The van der Waals surface area contributed by atoms with Gasteiger partial charge < -0.3 is 5.32 Å². The van der Waals surface area contributed by atoms with Gasteiger partial charge in [-0.3, -0.25) is 9.79 Å². The molecule has 0 aliphatic carbocycles. The van der Waals surface area contributed by atoms with Crippen molar-refractivity contribution in [1.82, 2.24) is 0 Å². The molecular formula is C10H8N2O. The minimum atomic E-state index is -0.197. The maximum Gasteiger partial charge on any atom is 0.266 e. The van der Waals surface area contributed by atoms with E-state index in [9.17, 15) is 4.79 Å². The molecule has 1 aliphatic heterocycles. The van der Waals surface area contributed by atoms with Crippen LogP contribution >= 0.6 is 0 Å². The van der Waals surface area contributed by atoms with Crippen LogP contribution < -0.4 is 5.32 Å². The highest BCUT2D eigenvalue weighted by atomic mass is 16.1. The molecule has 0 aromatic heterocycles. The van der Waals surface area contributed by atoms with E-state index in [4.69, 9.17) is 0 Å². The monoisotopic (exact) mass is 172 g/mol. The predicted octanol–water partition coefficient (Wildman–Crippen LogP) is 1.68. The largest absolute Gasteiger partial charge is 0.321 e. The molecule has 0 saturated carbocycles. The molecule has 0 spiro atoms. The van der Waals surface area contributed by atoms with Crippen LogP contribution in [-0.2, 0) is 4.79 Å². The van der Waals surface area contributed by atoms with Gasteiger partial charge in [-0.2, -0.15) is 0 Å². The van der Waals surface area contributed by atoms with Gasteiger partial charge in [0.2, 0.25) is 0 Å². The lowest BCUT2D eigenvalue weighted by atomic mass is 10.1. The first-order valence-electron chi connectivity index (χ1n) is 3.96. The van der Waals surface area contributed by atoms with Crippen LogP contribution in [0.4, 0.5) is 5.69 Å². The normalized spacial score (nSPS) is 19.2. The van der Waals surface area contributed by atoms with E-state index < -0.39 is 0 Å². The van der Waals surface area contributed by atoms with Gasteiger partial charge in [0.25, 0.3) is 5.91 Å². The molecule has 0 unspecified atom stereocenters. The van der Waals surface area contributed by atoms with Gasteiger partial charge in [0, 0.05) is 11.9 Å². The number of carbonyl (C=O) groups excluding carboxylic acids is 1. The smallest absolute Gasteiger partial charge is 0.266 e. The number of fused-ring (bicyclic) bond motifs is 1. The molecule has 3 heteroatoms. The lowest BCUT2D eigenvalue weighted by Gasteiger charge is -2.06. The minimum absolute atomic E-state index is 0.197. The molecule has 1 amide bonds. The van der Waals surface area contributed by atoms with Crippen LogP contribution in [0.25, 0.3) is 6.08 Å². The first kappa shape index (κ1) is 7.73. The maximum atomic E-state index is 11.1. The molecule has 0 saturated heterocycles. The second-order valence-corrected chi connectivity index (χ2v) is 2.67. The number of hydrogen-bond donors (Lipinski definition) is 1. The van der Waals surface area contributed by atoms with Gasteiger partial charge in [0.05, 0.1) is 6.21 Å². The van der Waals surface area contributed by atoms with Crippen LogP contribution in [0.5, 0.6) is 0 Å². The average Bonchev–Trinajstić information content (AvgIpc) is 2.11. The van der Waals surface area contributed by atoms with Crippen molar-refractivity contribution in [3.8, 4) is 0 Å². The predicted molar refractivity (Wildman–Crippen MR) is 52.6 cm³/mol. The van der Waals surface area contributed by atoms with E-state index in [1.54, 1.807) is 6.20 Å². The third-order valence-corrected chi connectivity index (χ3v) is 1.75. The number of anilines is 1. The summed E-state index contributed by atoms with van der Waals surface area (Å²) in [5, 5.41) is 2.72. The number of hydrogen-bond acceptors (Lipinski definition) is 2. The van der Waals surface area contributed by atoms with Crippen molar-refractivity contribution in [3.63, 3.8) is 0 Å². The van der Waals surface area contributed by atoms with E-state index >= 15 is 0 Å².